The lowest BCUT2D eigenvalue weighted by atomic mass is 9.80. The Hall–Kier alpha value is -1.35. The summed E-state index contributed by atoms with van der Waals surface area (Å²) in [5, 5.41) is 0. The third kappa shape index (κ3) is 2.02. The standard InChI is InChI=1S/C12H16N2O/c1-14(11-5-3-2-4-6-11)12(15)9-7-10(13)8-9/h2-6,9-10H,7-8,13H2,1H3. The number of amides is 1. The van der Waals surface area contributed by atoms with E-state index < -0.39 is 0 Å². The molecule has 0 atom stereocenters. The SMILES string of the molecule is CN(C(=O)C1CC(N)C1)c1ccccc1. The minimum atomic E-state index is 0.130. The van der Waals surface area contributed by atoms with Gasteiger partial charge in [-0.25, -0.2) is 0 Å². The van der Waals surface area contributed by atoms with Gasteiger partial charge in [0.2, 0.25) is 5.91 Å². The van der Waals surface area contributed by atoms with Gasteiger partial charge in [0, 0.05) is 24.7 Å². The molecular formula is C12H16N2O. The van der Waals surface area contributed by atoms with Crippen LogP contribution in [0.4, 0.5) is 5.69 Å². The van der Waals surface area contributed by atoms with Crippen molar-refractivity contribution in [2.24, 2.45) is 11.7 Å². The molecular weight excluding hydrogens is 188 g/mol. The van der Waals surface area contributed by atoms with E-state index in [9.17, 15) is 4.79 Å². The van der Waals surface area contributed by atoms with Crippen LogP contribution in [0, 0.1) is 5.92 Å². The van der Waals surface area contributed by atoms with Crippen LogP contribution in [0.15, 0.2) is 30.3 Å². The van der Waals surface area contributed by atoms with Gasteiger partial charge in [-0.15, -0.1) is 0 Å². The molecule has 15 heavy (non-hydrogen) atoms. The van der Waals surface area contributed by atoms with Crippen LogP contribution in [0.5, 0.6) is 0 Å². The molecule has 3 nitrogen and oxygen atoms in total. The Labute approximate surface area is 89.9 Å². The first-order chi connectivity index (χ1) is 7.18. The molecule has 80 valence electrons. The van der Waals surface area contributed by atoms with Crippen LogP contribution in [0.25, 0.3) is 0 Å². The largest absolute Gasteiger partial charge is 0.328 e. The molecule has 1 fully saturated rings. The molecule has 2 N–H and O–H groups in total. The van der Waals surface area contributed by atoms with Crippen molar-refractivity contribution >= 4 is 11.6 Å². The van der Waals surface area contributed by atoms with Gasteiger partial charge in [0.05, 0.1) is 0 Å². The average Bonchev–Trinajstić information content (AvgIpc) is 2.24. The van der Waals surface area contributed by atoms with Crippen molar-refractivity contribution in [2.75, 3.05) is 11.9 Å². The molecule has 1 aliphatic carbocycles. The van der Waals surface area contributed by atoms with Crippen LogP contribution >= 0.6 is 0 Å². The van der Waals surface area contributed by atoms with Crippen molar-refractivity contribution in [2.45, 2.75) is 18.9 Å². The van der Waals surface area contributed by atoms with Gasteiger partial charge in [0.15, 0.2) is 0 Å². The van der Waals surface area contributed by atoms with Gasteiger partial charge in [0.25, 0.3) is 0 Å². The van der Waals surface area contributed by atoms with Gasteiger partial charge >= 0.3 is 0 Å². The highest BCUT2D eigenvalue weighted by Gasteiger charge is 2.33. The summed E-state index contributed by atoms with van der Waals surface area (Å²) in [4.78, 5) is 13.7. The van der Waals surface area contributed by atoms with E-state index in [1.165, 1.54) is 0 Å². The smallest absolute Gasteiger partial charge is 0.229 e. The molecule has 1 amide bonds. The molecule has 2 rings (SSSR count). The van der Waals surface area contributed by atoms with E-state index >= 15 is 0 Å². The zero-order chi connectivity index (χ0) is 10.8. The van der Waals surface area contributed by atoms with Crippen molar-refractivity contribution in [1.29, 1.82) is 0 Å². The molecule has 0 radical (unpaired) electrons. The van der Waals surface area contributed by atoms with Crippen LogP contribution in [0.2, 0.25) is 0 Å². The summed E-state index contributed by atoms with van der Waals surface area (Å²) in [5.41, 5.74) is 6.62. The molecule has 0 spiro atoms. The molecule has 1 aromatic carbocycles. The second kappa shape index (κ2) is 4.03. The second-order valence-corrected chi connectivity index (χ2v) is 4.16. The van der Waals surface area contributed by atoms with E-state index in [-0.39, 0.29) is 17.9 Å². The third-order valence-electron chi connectivity index (χ3n) is 3.00. The summed E-state index contributed by atoms with van der Waals surface area (Å²) in [5.74, 6) is 0.313. The zero-order valence-electron chi connectivity index (χ0n) is 8.89. The maximum Gasteiger partial charge on any atom is 0.229 e. The maximum atomic E-state index is 11.9. The van der Waals surface area contributed by atoms with E-state index in [0.29, 0.717) is 0 Å². The highest BCUT2D eigenvalue weighted by molar-refractivity contribution is 5.95. The van der Waals surface area contributed by atoms with Gasteiger partial charge in [-0.3, -0.25) is 4.79 Å². The number of hydrogen-bond acceptors (Lipinski definition) is 2. The zero-order valence-corrected chi connectivity index (χ0v) is 8.89. The number of carbonyl (C=O) groups is 1. The Balaban J connectivity index is 2.02. The van der Waals surface area contributed by atoms with Gasteiger partial charge < -0.3 is 10.6 Å². The Bertz CT molecular complexity index is 344. The number of hydrogen-bond donors (Lipinski definition) is 1. The van der Waals surface area contributed by atoms with Gasteiger partial charge in [0.1, 0.15) is 0 Å². The highest BCUT2D eigenvalue weighted by atomic mass is 16.2. The first-order valence-corrected chi connectivity index (χ1v) is 5.26. The molecule has 1 saturated carbocycles. The third-order valence-corrected chi connectivity index (χ3v) is 3.00. The van der Waals surface area contributed by atoms with Crippen molar-refractivity contribution in [3.8, 4) is 0 Å². The van der Waals surface area contributed by atoms with Crippen LogP contribution < -0.4 is 10.6 Å². The number of para-hydroxylation sites is 1. The van der Waals surface area contributed by atoms with E-state index in [4.69, 9.17) is 5.73 Å². The highest BCUT2D eigenvalue weighted by Crippen LogP contribution is 2.28. The number of rotatable bonds is 2. The first-order valence-electron chi connectivity index (χ1n) is 5.26. The van der Waals surface area contributed by atoms with Crippen LogP contribution in [0.3, 0.4) is 0 Å². The normalized spacial score (nSPS) is 24.4. The lowest BCUT2D eigenvalue weighted by molar-refractivity contribution is -0.124. The second-order valence-electron chi connectivity index (χ2n) is 4.16. The van der Waals surface area contributed by atoms with Crippen molar-refractivity contribution in [3.63, 3.8) is 0 Å². The van der Waals surface area contributed by atoms with E-state index in [1.807, 2.05) is 37.4 Å². The quantitative estimate of drug-likeness (QED) is 0.791. The van der Waals surface area contributed by atoms with Gasteiger partial charge in [-0.05, 0) is 25.0 Å². The van der Waals surface area contributed by atoms with Crippen LogP contribution in [-0.4, -0.2) is 19.0 Å². The summed E-state index contributed by atoms with van der Waals surface area (Å²) in [6, 6.07) is 9.92. The summed E-state index contributed by atoms with van der Waals surface area (Å²) in [6.07, 6.45) is 1.66. The minimum Gasteiger partial charge on any atom is -0.328 e. The Morgan fingerprint density at radius 3 is 2.47 bits per heavy atom. The fraction of sp³-hybridized carbons (Fsp3) is 0.417. The van der Waals surface area contributed by atoms with Gasteiger partial charge in [-0.1, -0.05) is 18.2 Å². The fourth-order valence-corrected chi connectivity index (χ4v) is 1.92. The summed E-state index contributed by atoms with van der Waals surface area (Å²) < 4.78 is 0. The predicted octanol–water partition coefficient (Wildman–Crippen LogP) is 1.39. The number of nitrogens with zero attached hydrogens (tertiary/aromatic N) is 1. The predicted molar refractivity (Wildman–Crippen MR) is 60.6 cm³/mol. The van der Waals surface area contributed by atoms with Crippen molar-refractivity contribution in [1.82, 2.24) is 0 Å². The number of carbonyl (C=O) groups excluding carboxylic acids is 1. The number of nitrogens with two attached hydrogens (primary N) is 1. The summed E-state index contributed by atoms with van der Waals surface area (Å²) in [7, 11) is 1.82. The Morgan fingerprint density at radius 2 is 1.93 bits per heavy atom. The first kappa shape index (κ1) is 10.2. The van der Waals surface area contributed by atoms with Gasteiger partial charge in [-0.2, -0.15) is 0 Å². The molecule has 0 saturated heterocycles. The summed E-state index contributed by atoms with van der Waals surface area (Å²) in [6.45, 7) is 0. The molecule has 1 aromatic rings. The minimum absolute atomic E-state index is 0.130. The van der Waals surface area contributed by atoms with Crippen molar-refractivity contribution < 1.29 is 4.79 Å². The molecule has 3 heteroatoms. The lowest BCUT2D eigenvalue weighted by Gasteiger charge is -2.34. The maximum absolute atomic E-state index is 11.9. The molecule has 0 heterocycles. The molecule has 0 aliphatic heterocycles. The molecule has 1 aliphatic rings. The van der Waals surface area contributed by atoms with E-state index in [0.717, 1.165) is 18.5 Å². The Kier molecular flexibility index (Phi) is 2.73. The molecule has 0 unspecified atom stereocenters. The number of benzene rings is 1. The topological polar surface area (TPSA) is 46.3 Å². The molecule has 0 aromatic heterocycles. The van der Waals surface area contributed by atoms with Crippen molar-refractivity contribution in [3.05, 3.63) is 30.3 Å². The number of anilines is 1. The average molecular weight is 204 g/mol. The van der Waals surface area contributed by atoms with E-state index in [2.05, 4.69) is 0 Å². The fourth-order valence-electron chi connectivity index (χ4n) is 1.92. The lowest BCUT2D eigenvalue weighted by Crippen LogP contribution is -2.45. The van der Waals surface area contributed by atoms with E-state index in [1.54, 1.807) is 4.90 Å². The van der Waals surface area contributed by atoms with Crippen LogP contribution in [0.1, 0.15) is 12.8 Å². The van der Waals surface area contributed by atoms with Crippen LogP contribution in [-0.2, 0) is 4.79 Å². The molecule has 0 bridgehead atoms. The monoisotopic (exact) mass is 204 g/mol. The summed E-state index contributed by atoms with van der Waals surface area (Å²) >= 11 is 0. The Morgan fingerprint density at radius 1 is 1.33 bits per heavy atom.